The van der Waals surface area contributed by atoms with Crippen molar-refractivity contribution in [1.29, 1.82) is 0 Å². The van der Waals surface area contributed by atoms with E-state index in [9.17, 15) is 162 Å². The second-order valence-electron chi connectivity index (χ2n) is 37.1. The van der Waals surface area contributed by atoms with Crippen molar-refractivity contribution in [3.63, 3.8) is 0 Å². The molecule has 1 aliphatic heterocycles. The first-order valence-corrected chi connectivity index (χ1v) is 51.3. The number of nitrogens with zero attached hydrogens (tertiary/aromatic N) is 1. The number of nitrogens with two attached hydrogens (primary N) is 2. The molecule has 0 unspecified atom stereocenters. The zero-order chi connectivity index (χ0) is 112. The van der Waals surface area contributed by atoms with Crippen molar-refractivity contribution in [2.24, 2.45) is 41.1 Å². The zero-order valence-corrected chi connectivity index (χ0v) is 87.8. The molecule has 1 aliphatic rings. The number of carboxylic acids is 3. The van der Waals surface area contributed by atoms with Crippen LogP contribution < -0.4 is 107 Å². The number of hydrogen-bond donors (Lipinski definition) is 32. The Morgan fingerprint density at radius 3 is 1.04 bits per heavy atom. The third-order valence-electron chi connectivity index (χ3n) is 23.3. The lowest BCUT2D eigenvalue weighted by Gasteiger charge is -2.33. The predicted molar refractivity (Wildman–Crippen MR) is 530 cm³/mol. The molecule has 832 valence electrons. The van der Waals surface area contributed by atoms with Gasteiger partial charge in [-0.3, -0.25) is 101 Å². The average molecular weight is 2140 g/mol. The number of carbonyl (C=O) groups excluding carboxylic acids is 19. The maximum absolute atomic E-state index is 14.9. The van der Waals surface area contributed by atoms with Gasteiger partial charge in [0.1, 0.15) is 121 Å². The largest absolute Gasteiger partial charge is 0.481 e. The molecule has 0 spiro atoms. The molecule has 1 saturated heterocycles. The maximum Gasteiger partial charge on any atom is 0.326 e. The number of amides is 19. The van der Waals surface area contributed by atoms with E-state index in [-0.39, 0.29) is 82.5 Å². The topological polar surface area (TPSA) is 870 Å². The molecule has 26 atom stereocenters. The van der Waals surface area contributed by atoms with Gasteiger partial charge in [0, 0.05) is 18.7 Å². The molecule has 33 N–H and O–H groups in total. The highest BCUT2D eigenvalue weighted by Gasteiger charge is 2.46. The predicted octanol–water partition coefficient (Wildman–Crippen LogP) is -11.0. The standard InChI is InChI=1S/C89H155N21O33S3/c1-18-42(10)64(104-72(125)50(24-25-59(119)120)94-84(137)68(46(14)117)109-87(140)69(47(15)118)108-81(134)63(41(8)9)101-70(123)48(91)34-111)82(135)97-54(32-38(2)3)88(141)110-29-21-23-58(110)78(131)103-62(40(6)7)80(133)98-55(35-112)75(128)92-51(26-30-145-16)73(126)106-65(43(11)114)83(136)93-49(22-19-20-28-90)71(124)105-67(45(13)116)86(139)99-56(36-113)76(129)102-61(39(4)5)79(132)96-53(33-60(121)122)74(127)100-57(37-144)77(130)107-66(44(12)115)85(138)95-52(89(142)143)27-31-146-17/h38-58,61-69,111-118,144H,18-37,90-91H2,1-17H3,(H,92,128)(H,93,136)(H,94,137)(H,95,138)(H,96,132)(H,97,135)(H,98,133)(H,99,139)(H,100,127)(H,101,123)(H,102,129)(H,103,131)(H,104,125)(H,105,124)(H,106,126)(H,107,130)(H,108,134)(H,109,140)(H,119,120)(H,121,122)(H,142,143)/t42-,43+,44+,45+,46+,47+,48-,49-,50-,51-,52-,53-,54-,55-,56-,57-,58-,61-,62-,63-,64-,65-,66-,67-,68-,69-/m0/s1. The summed E-state index contributed by atoms with van der Waals surface area (Å²) in [6, 6.07) is -34.2. The lowest BCUT2D eigenvalue weighted by Crippen LogP contribution is -2.64. The van der Waals surface area contributed by atoms with E-state index in [1.807, 2.05) is 0 Å². The highest BCUT2D eigenvalue weighted by atomic mass is 32.2. The highest BCUT2D eigenvalue weighted by Crippen LogP contribution is 2.24. The number of rotatable bonds is 69. The summed E-state index contributed by atoms with van der Waals surface area (Å²) in [5.41, 5.74) is 11.4. The second kappa shape index (κ2) is 67.1. The van der Waals surface area contributed by atoms with Gasteiger partial charge in [-0.25, -0.2) is 4.79 Å². The third kappa shape index (κ3) is 45.0. The summed E-state index contributed by atoms with van der Waals surface area (Å²) >= 11 is 6.54. The molecule has 1 heterocycles. The van der Waals surface area contributed by atoms with Gasteiger partial charge in [-0.1, -0.05) is 75.7 Å². The fourth-order valence-corrected chi connectivity index (χ4v) is 15.7. The Hall–Kier alpha value is -11.0. The Morgan fingerprint density at radius 1 is 0.356 bits per heavy atom. The van der Waals surface area contributed by atoms with Gasteiger partial charge in [0.2, 0.25) is 112 Å². The van der Waals surface area contributed by atoms with E-state index in [4.69, 9.17) is 11.5 Å². The first-order chi connectivity index (χ1) is 68.2. The van der Waals surface area contributed by atoms with E-state index >= 15 is 0 Å². The van der Waals surface area contributed by atoms with Crippen LogP contribution >= 0.6 is 36.2 Å². The van der Waals surface area contributed by atoms with Gasteiger partial charge in [-0.2, -0.15) is 36.2 Å². The number of hydrogen-bond acceptors (Lipinski definition) is 35. The first-order valence-electron chi connectivity index (χ1n) is 47.9. The first kappa shape index (κ1) is 133. The van der Waals surface area contributed by atoms with E-state index in [0.717, 1.165) is 34.6 Å². The summed E-state index contributed by atoms with van der Waals surface area (Å²) < 4.78 is 0. The van der Waals surface area contributed by atoms with E-state index in [1.165, 1.54) is 70.0 Å². The van der Waals surface area contributed by atoms with Crippen LogP contribution in [0.5, 0.6) is 0 Å². The Bertz CT molecular complexity index is 4370. The smallest absolute Gasteiger partial charge is 0.326 e. The van der Waals surface area contributed by atoms with Gasteiger partial charge in [0.15, 0.2) is 0 Å². The number of nitrogens with one attached hydrogen (secondary N) is 18. The van der Waals surface area contributed by atoms with E-state index in [2.05, 4.69) is 108 Å². The second-order valence-corrected chi connectivity index (χ2v) is 39.5. The molecule has 1 rings (SSSR count). The molecular formula is C89H155N21O33S3. The van der Waals surface area contributed by atoms with Crippen molar-refractivity contribution in [1.82, 2.24) is 101 Å². The number of unbranched alkanes of at least 4 members (excludes halogenated alkanes) is 1. The van der Waals surface area contributed by atoms with Crippen LogP contribution in [-0.4, -0.2) is 405 Å². The van der Waals surface area contributed by atoms with Crippen molar-refractivity contribution in [2.75, 3.05) is 62.7 Å². The summed E-state index contributed by atoms with van der Waals surface area (Å²) in [4.78, 5) is 303. The Kier molecular flexibility index (Phi) is 61.1. The van der Waals surface area contributed by atoms with Crippen molar-refractivity contribution < 1.29 is 162 Å². The number of likely N-dealkylation sites (tertiary alicyclic amines) is 1. The minimum absolute atomic E-state index is 0.0126. The van der Waals surface area contributed by atoms with Gasteiger partial charge >= 0.3 is 17.9 Å². The summed E-state index contributed by atoms with van der Waals surface area (Å²) in [6.07, 6.45) is -7.95. The van der Waals surface area contributed by atoms with Crippen LogP contribution in [0, 0.1) is 29.6 Å². The number of aliphatic hydroxyl groups excluding tert-OH is 8. The van der Waals surface area contributed by atoms with Gasteiger partial charge < -0.3 is 168 Å². The van der Waals surface area contributed by atoms with Gasteiger partial charge in [0.25, 0.3) is 0 Å². The minimum atomic E-state index is -2.04. The number of aliphatic hydroxyl groups is 8. The number of carboxylic acid groups (broad SMARTS) is 3. The van der Waals surface area contributed by atoms with Crippen LogP contribution in [0.2, 0.25) is 0 Å². The highest BCUT2D eigenvalue weighted by molar-refractivity contribution is 7.98. The molecule has 0 radical (unpaired) electrons. The number of thioether (sulfide) groups is 2. The lowest BCUT2D eigenvalue weighted by molar-refractivity contribution is -0.143. The maximum atomic E-state index is 14.9. The van der Waals surface area contributed by atoms with Gasteiger partial charge in [-0.15, -0.1) is 0 Å². The zero-order valence-electron chi connectivity index (χ0n) is 85.2. The SMILES string of the molecule is CC[C@H](C)[C@H](NC(=O)[C@H](CCC(=O)O)NC(=O)[C@@H](NC(=O)[C@@H](NC(=O)[C@@H](NC(=O)[C@@H](N)CO)C(C)C)[C@@H](C)O)[C@@H](C)O)C(=O)N[C@@H](CC(C)C)C(=O)N1CCC[C@H]1C(=O)N[C@H](C(=O)N[C@@H](CO)C(=O)N[C@@H](CCSC)C(=O)N[C@H](C(=O)N[C@@H](CCCCN)C(=O)N[C@H](C(=O)N[C@@H](CO)C(=O)N[C@H](C(=O)N[C@@H](CC(=O)O)C(=O)N[C@@H](CS)C(=O)N[C@H](C(=O)N[C@@H](CCSC)C(=O)O)[C@@H](C)O)C(C)C)[C@@H](C)O)[C@@H](C)O)C(C)C. The van der Waals surface area contributed by atoms with Crippen molar-refractivity contribution >= 4 is 166 Å². The molecule has 19 amide bonds. The Morgan fingerprint density at radius 2 is 0.664 bits per heavy atom. The van der Waals surface area contributed by atoms with Gasteiger partial charge in [0.05, 0.1) is 56.8 Å². The number of carbonyl (C=O) groups is 22. The molecule has 0 aromatic carbocycles. The van der Waals surface area contributed by atoms with Crippen molar-refractivity contribution in [3.8, 4) is 0 Å². The summed E-state index contributed by atoms with van der Waals surface area (Å²) in [7, 11) is 0. The van der Waals surface area contributed by atoms with Crippen LogP contribution in [0.4, 0.5) is 0 Å². The molecule has 54 nitrogen and oxygen atoms in total. The fraction of sp³-hybridized carbons (Fsp3) is 0.753. The molecule has 0 aliphatic carbocycles. The molecule has 1 fully saturated rings. The van der Waals surface area contributed by atoms with E-state index in [0.29, 0.717) is 5.75 Å². The van der Waals surface area contributed by atoms with Crippen molar-refractivity contribution in [3.05, 3.63) is 0 Å². The van der Waals surface area contributed by atoms with E-state index < -0.39 is 350 Å². The molecule has 0 saturated carbocycles. The number of thiol groups is 1. The van der Waals surface area contributed by atoms with Gasteiger partial charge in [-0.05, 0) is 153 Å². The molecule has 0 aromatic rings. The van der Waals surface area contributed by atoms with Crippen LogP contribution in [0.1, 0.15) is 181 Å². The quantitative estimate of drug-likeness (QED) is 0.0199. The normalized spacial score (nSPS) is 17.6. The third-order valence-corrected chi connectivity index (χ3v) is 25.0. The number of aliphatic carboxylic acids is 3. The van der Waals surface area contributed by atoms with Crippen molar-refractivity contribution in [2.45, 2.75) is 332 Å². The van der Waals surface area contributed by atoms with Crippen LogP contribution in [0.25, 0.3) is 0 Å². The molecule has 57 heteroatoms. The monoisotopic (exact) mass is 2140 g/mol. The lowest BCUT2D eigenvalue weighted by atomic mass is 9.96. The van der Waals surface area contributed by atoms with Crippen LogP contribution in [-0.2, 0) is 105 Å². The molecule has 0 bridgehead atoms. The summed E-state index contributed by atoms with van der Waals surface area (Å²) in [5.74, 6) is -29.8. The minimum Gasteiger partial charge on any atom is -0.481 e. The summed E-state index contributed by atoms with van der Waals surface area (Å²) in [5, 5.41) is 156. The molecular weight excluding hydrogens is 1990 g/mol. The fourth-order valence-electron chi connectivity index (χ4n) is 14.5. The average Bonchev–Trinajstić information content (AvgIpc) is 1.77. The Balaban J connectivity index is 3.54. The molecule has 0 aromatic heterocycles. The summed E-state index contributed by atoms with van der Waals surface area (Å²) in [6.45, 7) is 17.6. The van der Waals surface area contributed by atoms with Crippen LogP contribution in [0.15, 0.2) is 0 Å². The Labute approximate surface area is 860 Å². The molecule has 146 heavy (non-hydrogen) atoms. The van der Waals surface area contributed by atoms with Crippen LogP contribution in [0.3, 0.4) is 0 Å². The van der Waals surface area contributed by atoms with E-state index in [1.54, 1.807) is 40.2 Å².